The van der Waals surface area contributed by atoms with Gasteiger partial charge in [0.05, 0.1) is 0 Å². The van der Waals surface area contributed by atoms with Gasteiger partial charge in [0.1, 0.15) is 0 Å². The Kier molecular flexibility index (Phi) is 3.41. The standard InChI is InChI=1S/C20H20N2O/c1-13-6-2-3-7-15(13)20(23)21-14-10-11-19-17(12-14)16-8-4-5-9-18(16)22-19/h2-9,14,22H,10-12H2,1H3,(H,21,23). The van der Waals surface area contributed by atoms with Crippen LogP contribution < -0.4 is 5.32 Å². The summed E-state index contributed by atoms with van der Waals surface area (Å²) in [6, 6.07) is 16.4. The monoisotopic (exact) mass is 304 g/mol. The molecule has 2 N–H and O–H groups in total. The molecule has 0 saturated carbocycles. The Morgan fingerprint density at radius 1 is 1.13 bits per heavy atom. The van der Waals surface area contributed by atoms with Crippen LogP contribution in [0.1, 0.15) is 33.6 Å². The molecular weight excluding hydrogens is 284 g/mol. The fourth-order valence-electron chi connectivity index (χ4n) is 3.58. The SMILES string of the molecule is Cc1ccccc1C(=O)NC1CCc2[nH]c3ccccc3c2C1. The number of hydrogen-bond acceptors (Lipinski definition) is 1. The van der Waals surface area contributed by atoms with Gasteiger partial charge >= 0.3 is 0 Å². The summed E-state index contributed by atoms with van der Waals surface area (Å²) in [4.78, 5) is 16.0. The largest absolute Gasteiger partial charge is 0.358 e. The second-order valence-electron chi connectivity index (χ2n) is 6.36. The normalized spacial score (nSPS) is 17.0. The van der Waals surface area contributed by atoms with Crippen molar-refractivity contribution < 1.29 is 4.79 Å². The second kappa shape index (κ2) is 5.58. The van der Waals surface area contributed by atoms with E-state index < -0.39 is 0 Å². The van der Waals surface area contributed by atoms with Gasteiger partial charge in [-0.1, -0.05) is 36.4 Å². The molecule has 0 spiro atoms. The summed E-state index contributed by atoms with van der Waals surface area (Å²) in [6.07, 6.45) is 2.87. The third kappa shape index (κ3) is 2.52. The Balaban J connectivity index is 1.56. The molecule has 1 atom stereocenters. The van der Waals surface area contributed by atoms with Crippen LogP contribution in [0.5, 0.6) is 0 Å². The molecule has 3 nitrogen and oxygen atoms in total. The summed E-state index contributed by atoms with van der Waals surface area (Å²) in [5, 5.41) is 4.51. The van der Waals surface area contributed by atoms with E-state index in [1.165, 1.54) is 22.2 Å². The minimum Gasteiger partial charge on any atom is -0.358 e. The quantitative estimate of drug-likeness (QED) is 0.744. The molecule has 4 rings (SSSR count). The van der Waals surface area contributed by atoms with Crippen molar-refractivity contribution in [1.29, 1.82) is 0 Å². The van der Waals surface area contributed by atoms with Crippen molar-refractivity contribution in [3.8, 4) is 0 Å². The van der Waals surface area contributed by atoms with Crippen LogP contribution in [0, 0.1) is 6.92 Å². The van der Waals surface area contributed by atoms with Crippen molar-refractivity contribution in [2.24, 2.45) is 0 Å². The van der Waals surface area contributed by atoms with E-state index in [-0.39, 0.29) is 11.9 Å². The number of carbonyl (C=O) groups excluding carboxylic acids is 1. The molecular formula is C20H20N2O. The Morgan fingerprint density at radius 2 is 1.91 bits per heavy atom. The fourth-order valence-corrected chi connectivity index (χ4v) is 3.58. The van der Waals surface area contributed by atoms with Gasteiger partial charge in [0.25, 0.3) is 5.91 Å². The Labute approximate surface area is 135 Å². The first-order chi connectivity index (χ1) is 11.2. The predicted octanol–water partition coefficient (Wildman–Crippen LogP) is 3.76. The number of benzene rings is 2. The Hall–Kier alpha value is -2.55. The number of rotatable bonds is 2. The molecule has 0 aliphatic heterocycles. The first-order valence-electron chi connectivity index (χ1n) is 8.17. The highest BCUT2D eigenvalue weighted by Crippen LogP contribution is 2.29. The van der Waals surface area contributed by atoms with Crippen LogP contribution in [0.2, 0.25) is 0 Å². The molecule has 0 bridgehead atoms. The summed E-state index contributed by atoms with van der Waals surface area (Å²) >= 11 is 0. The molecule has 1 unspecified atom stereocenters. The number of para-hydroxylation sites is 1. The molecule has 23 heavy (non-hydrogen) atoms. The number of fused-ring (bicyclic) bond motifs is 3. The lowest BCUT2D eigenvalue weighted by molar-refractivity contribution is 0.0933. The van der Waals surface area contributed by atoms with Crippen molar-refractivity contribution in [3.63, 3.8) is 0 Å². The van der Waals surface area contributed by atoms with Gasteiger partial charge in [-0.3, -0.25) is 4.79 Å². The summed E-state index contributed by atoms with van der Waals surface area (Å²) in [6.45, 7) is 1.98. The number of hydrogen-bond donors (Lipinski definition) is 2. The van der Waals surface area contributed by atoms with E-state index in [9.17, 15) is 4.79 Å². The van der Waals surface area contributed by atoms with Crippen LogP contribution in [0.4, 0.5) is 0 Å². The van der Waals surface area contributed by atoms with Crippen LogP contribution in [0.3, 0.4) is 0 Å². The van der Waals surface area contributed by atoms with Crippen molar-refractivity contribution >= 4 is 16.8 Å². The van der Waals surface area contributed by atoms with Gasteiger partial charge in [0, 0.05) is 28.2 Å². The topological polar surface area (TPSA) is 44.9 Å². The number of aromatic amines is 1. The lowest BCUT2D eigenvalue weighted by Crippen LogP contribution is -2.39. The van der Waals surface area contributed by atoms with E-state index in [1.54, 1.807) is 0 Å². The molecule has 0 radical (unpaired) electrons. The van der Waals surface area contributed by atoms with E-state index in [0.717, 1.165) is 30.4 Å². The average Bonchev–Trinajstić information content (AvgIpc) is 2.93. The summed E-state index contributed by atoms with van der Waals surface area (Å²) in [5.74, 6) is 0.0383. The highest BCUT2D eigenvalue weighted by molar-refractivity contribution is 5.96. The molecule has 1 aliphatic carbocycles. The zero-order chi connectivity index (χ0) is 15.8. The maximum absolute atomic E-state index is 12.5. The first-order valence-corrected chi connectivity index (χ1v) is 8.17. The van der Waals surface area contributed by atoms with Crippen LogP contribution >= 0.6 is 0 Å². The fraction of sp³-hybridized carbons (Fsp3) is 0.250. The smallest absolute Gasteiger partial charge is 0.251 e. The molecule has 0 saturated heterocycles. The van der Waals surface area contributed by atoms with E-state index in [0.29, 0.717) is 0 Å². The molecule has 3 aromatic rings. The van der Waals surface area contributed by atoms with Gasteiger partial charge in [0.2, 0.25) is 0 Å². The molecule has 0 fully saturated rings. The number of H-pyrrole nitrogens is 1. The number of nitrogens with one attached hydrogen (secondary N) is 2. The van der Waals surface area contributed by atoms with E-state index in [1.807, 2.05) is 31.2 Å². The number of aromatic nitrogens is 1. The molecule has 1 amide bonds. The number of carbonyl (C=O) groups is 1. The van der Waals surface area contributed by atoms with Gasteiger partial charge < -0.3 is 10.3 Å². The van der Waals surface area contributed by atoms with Crippen molar-refractivity contribution in [1.82, 2.24) is 10.3 Å². The van der Waals surface area contributed by atoms with Gasteiger partial charge in [-0.15, -0.1) is 0 Å². The van der Waals surface area contributed by atoms with E-state index >= 15 is 0 Å². The highest BCUT2D eigenvalue weighted by Gasteiger charge is 2.24. The Bertz CT molecular complexity index is 878. The predicted molar refractivity (Wildman–Crippen MR) is 92.8 cm³/mol. The summed E-state index contributed by atoms with van der Waals surface area (Å²) in [5.41, 5.74) is 5.68. The minimum absolute atomic E-state index is 0.0383. The molecule has 1 heterocycles. The zero-order valence-electron chi connectivity index (χ0n) is 13.2. The van der Waals surface area contributed by atoms with E-state index in [2.05, 4.69) is 34.6 Å². The van der Waals surface area contributed by atoms with Crippen molar-refractivity contribution in [2.75, 3.05) is 0 Å². The number of amides is 1. The minimum atomic E-state index is 0.0383. The molecule has 1 aliphatic rings. The van der Waals surface area contributed by atoms with Crippen LogP contribution in [-0.2, 0) is 12.8 Å². The van der Waals surface area contributed by atoms with Crippen molar-refractivity contribution in [2.45, 2.75) is 32.2 Å². The van der Waals surface area contributed by atoms with Gasteiger partial charge in [-0.2, -0.15) is 0 Å². The Morgan fingerprint density at radius 3 is 2.78 bits per heavy atom. The van der Waals surface area contributed by atoms with Gasteiger partial charge in [-0.05, 0) is 49.4 Å². The van der Waals surface area contributed by atoms with Crippen molar-refractivity contribution in [3.05, 3.63) is 70.9 Å². The van der Waals surface area contributed by atoms with Gasteiger partial charge in [0.15, 0.2) is 0 Å². The molecule has 116 valence electrons. The maximum Gasteiger partial charge on any atom is 0.251 e. The zero-order valence-corrected chi connectivity index (χ0v) is 13.2. The summed E-state index contributed by atoms with van der Waals surface area (Å²) in [7, 11) is 0. The lowest BCUT2D eigenvalue weighted by Gasteiger charge is -2.24. The average molecular weight is 304 g/mol. The first kappa shape index (κ1) is 14.1. The summed E-state index contributed by atoms with van der Waals surface area (Å²) < 4.78 is 0. The van der Waals surface area contributed by atoms with Crippen LogP contribution in [-0.4, -0.2) is 16.9 Å². The second-order valence-corrected chi connectivity index (χ2v) is 6.36. The molecule has 2 aromatic carbocycles. The van der Waals surface area contributed by atoms with E-state index in [4.69, 9.17) is 0 Å². The third-order valence-electron chi connectivity index (χ3n) is 4.82. The van der Waals surface area contributed by atoms with Crippen LogP contribution in [0.25, 0.3) is 10.9 Å². The molecule has 3 heteroatoms. The number of aryl methyl sites for hydroxylation is 2. The highest BCUT2D eigenvalue weighted by atomic mass is 16.1. The maximum atomic E-state index is 12.5. The third-order valence-corrected chi connectivity index (χ3v) is 4.82. The molecule has 1 aromatic heterocycles. The lowest BCUT2D eigenvalue weighted by atomic mass is 9.91. The van der Waals surface area contributed by atoms with Gasteiger partial charge in [-0.25, -0.2) is 0 Å². The van der Waals surface area contributed by atoms with Crippen LogP contribution in [0.15, 0.2) is 48.5 Å².